The lowest BCUT2D eigenvalue weighted by molar-refractivity contribution is -0.144. The first kappa shape index (κ1) is 17.7. The minimum absolute atomic E-state index is 0.530. The minimum atomic E-state index is -0.983. The summed E-state index contributed by atoms with van der Waals surface area (Å²) in [6.07, 6.45) is 4.43. The Morgan fingerprint density at radius 1 is 1.17 bits per heavy atom. The fraction of sp³-hybridized carbons (Fsp3) is 0.300. The Hall–Kier alpha value is -2.62. The van der Waals surface area contributed by atoms with E-state index in [1.165, 1.54) is 25.3 Å². The van der Waals surface area contributed by atoms with Gasteiger partial charge in [0, 0.05) is 6.21 Å². The number of aliphatic imine (C=N–C) groups is 1. The molecule has 126 valence electrons. The summed E-state index contributed by atoms with van der Waals surface area (Å²) in [5, 5.41) is 8.83. The van der Waals surface area contributed by atoms with Gasteiger partial charge in [-0.2, -0.15) is 0 Å². The van der Waals surface area contributed by atoms with Crippen molar-refractivity contribution in [2.45, 2.75) is 39.2 Å². The molecular weight excluding hydrogens is 302 g/mol. The Balaban J connectivity index is 1.95. The summed E-state index contributed by atoms with van der Waals surface area (Å²) in [6.45, 7) is 3.69. The Morgan fingerprint density at radius 3 is 2.42 bits per heavy atom. The number of aryl methyl sites for hydroxylation is 1. The number of carbonyl (C=O) groups is 1. The molecule has 0 amide bonds. The number of hydrogen-bond donors (Lipinski definition) is 1. The van der Waals surface area contributed by atoms with Crippen LogP contribution in [0.25, 0.3) is 0 Å². The Morgan fingerprint density at radius 2 is 1.83 bits per heavy atom. The summed E-state index contributed by atoms with van der Waals surface area (Å²) in [5.41, 5.74) is 3.18. The average Bonchev–Trinajstić information content (AvgIpc) is 2.60. The van der Waals surface area contributed by atoms with E-state index in [9.17, 15) is 4.79 Å². The molecule has 0 aliphatic rings. The summed E-state index contributed by atoms with van der Waals surface area (Å²) in [5.74, 6) is -0.453. The number of rotatable bonds is 8. The molecule has 0 aliphatic heterocycles. The molecule has 0 saturated heterocycles. The maximum Gasteiger partial charge on any atom is 0.344 e. The van der Waals surface area contributed by atoms with Crippen LogP contribution in [0.15, 0.2) is 53.5 Å². The third kappa shape index (κ3) is 5.54. The van der Waals surface area contributed by atoms with Gasteiger partial charge >= 0.3 is 5.97 Å². The zero-order valence-corrected chi connectivity index (χ0v) is 14.1. The van der Waals surface area contributed by atoms with E-state index in [4.69, 9.17) is 9.84 Å². The number of aliphatic carboxylic acids is 1. The fourth-order valence-electron chi connectivity index (χ4n) is 2.17. The smallest absolute Gasteiger partial charge is 0.344 e. The van der Waals surface area contributed by atoms with Gasteiger partial charge in [0.1, 0.15) is 5.75 Å². The van der Waals surface area contributed by atoms with Gasteiger partial charge < -0.3 is 9.84 Å². The van der Waals surface area contributed by atoms with E-state index >= 15 is 0 Å². The van der Waals surface area contributed by atoms with E-state index in [2.05, 4.69) is 24.0 Å². The highest BCUT2D eigenvalue weighted by Crippen LogP contribution is 2.16. The predicted octanol–water partition coefficient (Wildman–Crippen LogP) is 4.63. The molecule has 0 aromatic heterocycles. The summed E-state index contributed by atoms with van der Waals surface area (Å²) >= 11 is 0. The zero-order chi connectivity index (χ0) is 17.4. The van der Waals surface area contributed by atoms with Crippen molar-refractivity contribution in [3.8, 4) is 5.75 Å². The molecule has 2 aromatic rings. The number of benzene rings is 2. The van der Waals surface area contributed by atoms with Crippen molar-refractivity contribution in [1.82, 2.24) is 0 Å². The maximum atomic E-state index is 10.8. The molecule has 0 unspecified atom stereocenters. The third-order valence-corrected chi connectivity index (χ3v) is 3.66. The minimum Gasteiger partial charge on any atom is -0.479 e. The lowest BCUT2D eigenvalue weighted by Crippen LogP contribution is -2.22. The van der Waals surface area contributed by atoms with Gasteiger partial charge in [-0.1, -0.05) is 25.5 Å². The molecule has 1 N–H and O–H groups in total. The number of hydrogen-bond acceptors (Lipinski definition) is 3. The summed E-state index contributed by atoms with van der Waals surface area (Å²) in [6, 6.07) is 15.5. The molecule has 0 saturated carbocycles. The Kier molecular flexibility index (Phi) is 6.55. The third-order valence-electron chi connectivity index (χ3n) is 3.66. The van der Waals surface area contributed by atoms with Crippen molar-refractivity contribution in [2.24, 2.45) is 4.99 Å². The molecule has 4 nitrogen and oxygen atoms in total. The Bertz CT molecular complexity index is 675. The molecular formula is C20H23NO3. The SMILES string of the molecule is CCCCc1ccc(N=Cc2ccc(O[C@@H](C)C(=O)O)cc2)cc1. The van der Waals surface area contributed by atoms with Gasteiger partial charge in [-0.05, 0) is 67.3 Å². The Labute approximate surface area is 142 Å². The number of unbranched alkanes of at least 4 members (excludes halogenated alkanes) is 1. The molecule has 24 heavy (non-hydrogen) atoms. The monoisotopic (exact) mass is 325 g/mol. The highest BCUT2D eigenvalue weighted by Gasteiger charge is 2.11. The van der Waals surface area contributed by atoms with Crippen molar-refractivity contribution in [2.75, 3.05) is 0 Å². The highest BCUT2D eigenvalue weighted by atomic mass is 16.5. The van der Waals surface area contributed by atoms with E-state index < -0.39 is 12.1 Å². The first-order valence-corrected chi connectivity index (χ1v) is 8.21. The van der Waals surface area contributed by atoms with Crippen LogP contribution in [0, 0.1) is 0 Å². The molecule has 0 radical (unpaired) electrons. The standard InChI is InChI=1S/C20H23NO3/c1-3-4-5-16-6-10-18(11-7-16)21-14-17-8-12-19(13-9-17)24-15(2)20(22)23/h6-15H,3-5H2,1-2H3,(H,22,23)/t15-/m0/s1. The van der Waals surface area contributed by atoms with Crippen LogP contribution in [0.1, 0.15) is 37.8 Å². The van der Waals surface area contributed by atoms with E-state index in [-0.39, 0.29) is 0 Å². The summed E-state index contributed by atoms with van der Waals surface area (Å²) in [4.78, 5) is 15.2. The molecule has 0 aliphatic carbocycles. The van der Waals surface area contributed by atoms with E-state index in [1.54, 1.807) is 18.3 Å². The van der Waals surface area contributed by atoms with Gasteiger partial charge in [-0.25, -0.2) is 4.79 Å². The second kappa shape index (κ2) is 8.87. The zero-order valence-electron chi connectivity index (χ0n) is 14.1. The van der Waals surface area contributed by atoms with Crippen LogP contribution in [0.3, 0.4) is 0 Å². The van der Waals surface area contributed by atoms with Gasteiger partial charge in [0.25, 0.3) is 0 Å². The maximum absolute atomic E-state index is 10.8. The number of ether oxygens (including phenoxy) is 1. The molecule has 2 rings (SSSR count). The second-order valence-corrected chi connectivity index (χ2v) is 5.70. The fourth-order valence-corrected chi connectivity index (χ4v) is 2.17. The first-order chi connectivity index (χ1) is 11.6. The van der Waals surface area contributed by atoms with Crippen LogP contribution < -0.4 is 4.74 Å². The topological polar surface area (TPSA) is 58.9 Å². The van der Waals surface area contributed by atoms with Crippen LogP contribution >= 0.6 is 0 Å². The number of nitrogens with zero attached hydrogens (tertiary/aromatic N) is 1. The van der Waals surface area contributed by atoms with Crippen molar-refractivity contribution < 1.29 is 14.6 Å². The lowest BCUT2D eigenvalue weighted by Gasteiger charge is -2.09. The quantitative estimate of drug-likeness (QED) is 0.720. The van der Waals surface area contributed by atoms with Crippen molar-refractivity contribution in [1.29, 1.82) is 0 Å². The molecule has 0 fully saturated rings. The van der Waals surface area contributed by atoms with E-state index in [0.717, 1.165) is 17.7 Å². The first-order valence-electron chi connectivity index (χ1n) is 8.21. The van der Waals surface area contributed by atoms with Gasteiger partial charge in [-0.15, -0.1) is 0 Å². The lowest BCUT2D eigenvalue weighted by atomic mass is 10.1. The predicted molar refractivity (Wildman–Crippen MR) is 96.5 cm³/mol. The van der Waals surface area contributed by atoms with Crippen LogP contribution in [0.4, 0.5) is 5.69 Å². The van der Waals surface area contributed by atoms with Gasteiger partial charge in [-0.3, -0.25) is 4.99 Å². The molecule has 2 aromatic carbocycles. The molecule has 1 atom stereocenters. The van der Waals surface area contributed by atoms with Crippen molar-refractivity contribution >= 4 is 17.9 Å². The molecule has 0 heterocycles. The van der Waals surface area contributed by atoms with Crippen LogP contribution in [0.2, 0.25) is 0 Å². The van der Waals surface area contributed by atoms with Crippen molar-refractivity contribution in [3.63, 3.8) is 0 Å². The second-order valence-electron chi connectivity index (χ2n) is 5.70. The normalized spacial score (nSPS) is 12.2. The summed E-state index contributed by atoms with van der Waals surface area (Å²) in [7, 11) is 0. The highest BCUT2D eigenvalue weighted by molar-refractivity contribution is 5.82. The molecule has 0 bridgehead atoms. The molecule has 4 heteroatoms. The van der Waals surface area contributed by atoms with Crippen LogP contribution in [-0.2, 0) is 11.2 Å². The largest absolute Gasteiger partial charge is 0.479 e. The van der Waals surface area contributed by atoms with Gasteiger partial charge in [0.05, 0.1) is 5.69 Å². The van der Waals surface area contributed by atoms with Crippen LogP contribution in [-0.4, -0.2) is 23.4 Å². The summed E-state index contributed by atoms with van der Waals surface area (Å²) < 4.78 is 5.29. The van der Waals surface area contributed by atoms with E-state index in [1.807, 2.05) is 24.3 Å². The average molecular weight is 325 g/mol. The number of carboxylic acids is 1. The van der Waals surface area contributed by atoms with Crippen LogP contribution in [0.5, 0.6) is 5.75 Å². The molecule has 0 spiro atoms. The van der Waals surface area contributed by atoms with Crippen molar-refractivity contribution in [3.05, 3.63) is 59.7 Å². The van der Waals surface area contributed by atoms with Gasteiger partial charge in [0.2, 0.25) is 0 Å². The van der Waals surface area contributed by atoms with E-state index in [0.29, 0.717) is 5.75 Å². The number of carboxylic acid groups (broad SMARTS) is 1. The van der Waals surface area contributed by atoms with Gasteiger partial charge in [0.15, 0.2) is 6.10 Å².